The largest absolute Gasteiger partial charge is 0.459 e. The van der Waals surface area contributed by atoms with E-state index in [2.05, 4.69) is 10.3 Å². The van der Waals surface area contributed by atoms with Crippen LogP contribution in [0.5, 0.6) is 0 Å². The van der Waals surface area contributed by atoms with E-state index in [-0.39, 0.29) is 17.5 Å². The summed E-state index contributed by atoms with van der Waals surface area (Å²) in [6.07, 6.45) is 2.72. The molecule has 7 heteroatoms. The summed E-state index contributed by atoms with van der Waals surface area (Å²) >= 11 is 0. The Bertz CT molecular complexity index is 1110. The Kier molecular flexibility index (Phi) is 5.52. The quantitative estimate of drug-likeness (QED) is 0.698. The molecule has 2 aromatic heterocycles. The van der Waals surface area contributed by atoms with Crippen molar-refractivity contribution >= 4 is 11.8 Å². The summed E-state index contributed by atoms with van der Waals surface area (Å²) in [6.45, 7) is 3.02. The minimum atomic E-state index is -0.420. The summed E-state index contributed by atoms with van der Waals surface area (Å²) in [5.74, 6) is -0.228. The Morgan fingerprint density at radius 2 is 1.90 bits per heavy atom. The van der Waals surface area contributed by atoms with Crippen LogP contribution in [0, 0.1) is 6.92 Å². The highest BCUT2D eigenvalue weighted by Gasteiger charge is 2.26. The number of hydrogen-bond donors (Lipinski definition) is 2. The van der Waals surface area contributed by atoms with Gasteiger partial charge in [-0.15, -0.1) is 0 Å². The van der Waals surface area contributed by atoms with Gasteiger partial charge in [0.25, 0.3) is 17.4 Å². The van der Waals surface area contributed by atoms with Crippen LogP contribution in [0.25, 0.3) is 11.3 Å². The van der Waals surface area contributed by atoms with Gasteiger partial charge in [-0.05, 0) is 55.7 Å². The Balaban J connectivity index is 1.38. The molecule has 0 atom stereocenters. The molecule has 0 bridgehead atoms. The minimum absolute atomic E-state index is 0.0838. The van der Waals surface area contributed by atoms with Crippen LogP contribution in [0.15, 0.2) is 64.0 Å². The highest BCUT2D eigenvalue weighted by atomic mass is 16.3. The van der Waals surface area contributed by atoms with Gasteiger partial charge in [0, 0.05) is 24.8 Å². The molecule has 1 aliphatic rings. The lowest BCUT2D eigenvalue weighted by Gasteiger charge is -2.31. The Hall–Kier alpha value is -3.61. The number of aromatic nitrogens is 1. The molecule has 7 nitrogen and oxygen atoms in total. The number of hydrogen-bond acceptors (Lipinski definition) is 4. The molecule has 2 amide bonds. The Morgan fingerprint density at radius 1 is 1.10 bits per heavy atom. The van der Waals surface area contributed by atoms with Gasteiger partial charge in [-0.3, -0.25) is 14.4 Å². The van der Waals surface area contributed by atoms with Crippen molar-refractivity contribution in [3.05, 3.63) is 82.0 Å². The normalized spacial score (nSPS) is 14.5. The zero-order valence-corrected chi connectivity index (χ0v) is 16.7. The van der Waals surface area contributed by atoms with Gasteiger partial charge >= 0.3 is 0 Å². The highest BCUT2D eigenvalue weighted by Crippen LogP contribution is 2.18. The second kappa shape index (κ2) is 8.41. The van der Waals surface area contributed by atoms with Gasteiger partial charge in [0.05, 0.1) is 6.26 Å². The van der Waals surface area contributed by atoms with Crippen LogP contribution < -0.4 is 10.9 Å². The number of likely N-dealkylation sites (tertiary alicyclic amines) is 1. The molecule has 0 saturated carbocycles. The molecule has 1 aliphatic heterocycles. The van der Waals surface area contributed by atoms with E-state index in [1.54, 1.807) is 29.2 Å². The number of aryl methyl sites for hydroxylation is 1. The van der Waals surface area contributed by atoms with Crippen molar-refractivity contribution in [1.82, 2.24) is 15.2 Å². The number of rotatable bonds is 4. The number of pyridine rings is 1. The maximum absolute atomic E-state index is 12.6. The number of aromatic amines is 1. The summed E-state index contributed by atoms with van der Waals surface area (Å²) in [5.41, 5.74) is 2.32. The second-order valence-corrected chi connectivity index (χ2v) is 7.50. The third kappa shape index (κ3) is 4.20. The number of nitrogens with one attached hydrogen (secondary N) is 2. The number of piperidine rings is 1. The van der Waals surface area contributed by atoms with E-state index in [1.807, 2.05) is 31.2 Å². The van der Waals surface area contributed by atoms with E-state index in [0.29, 0.717) is 37.4 Å². The average Bonchev–Trinajstić information content (AvgIpc) is 3.28. The second-order valence-electron chi connectivity index (χ2n) is 7.50. The van der Waals surface area contributed by atoms with Crippen molar-refractivity contribution in [2.24, 2.45) is 0 Å². The maximum atomic E-state index is 12.6. The van der Waals surface area contributed by atoms with Crippen LogP contribution in [-0.4, -0.2) is 40.8 Å². The van der Waals surface area contributed by atoms with Crippen molar-refractivity contribution in [3.8, 4) is 11.3 Å². The molecule has 0 radical (unpaired) electrons. The SMILES string of the molecule is Cc1cccc(-c2ccc(C(=O)NC3CCN(C(=O)c4ccco4)CC3)c(=O)[nH]2)c1. The predicted molar refractivity (Wildman–Crippen MR) is 112 cm³/mol. The van der Waals surface area contributed by atoms with E-state index in [9.17, 15) is 14.4 Å². The highest BCUT2D eigenvalue weighted by molar-refractivity contribution is 5.94. The van der Waals surface area contributed by atoms with E-state index in [0.717, 1.165) is 11.1 Å². The maximum Gasteiger partial charge on any atom is 0.289 e. The van der Waals surface area contributed by atoms with Crippen molar-refractivity contribution in [2.45, 2.75) is 25.8 Å². The molecule has 0 aliphatic carbocycles. The summed E-state index contributed by atoms with van der Waals surface area (Å²) < 4.78 is 5.16. The number of benzene rings is 1. The van der Waals surface area contributed by atoms with Crippen LogP contribution in [0.2, 0.25) is 0 Å². The standard InChI is InChI=1S/C23H23N3O4/c1-15-4-2-5-16(14-15)19-8-7-18(22(28)25-19)21(27)24-17-9-11-26(12-10-17)23(29)20-6-3-13-30-20/h2-8,13-14,17H,9-12H2,1H3,(H,24,27)(H,25,28). The zero-order chi connectivity index (χ0) is 21.1. The first kappa shape index (κ1) is 19.7. The fourth-order valence-corrected chi connectivity index (χ4v) is 3.68. The molecule has 3 aromatic rings. The van der Waals surface area contributed by atoms with Gasteiger partial charge in [0.1, 0.15) is 5.56 Å². The molecular weight excluding hydrogens is 382 g/mol. The topological polar surface area (TPSA) is 95.4 Å². The third-order valence-electron chi connectivity index (χ3n) is 5.33. The molecule has 2 N–H and O–H groups in total. The number of amides is 2. The van der Waals surface area contributed by atoms with Crippen molar-refractivity contribution in [3.63, 3.8) is 0 Å². The van der Waals surface area contributed by atoms with E-state index in [4.69, 9.17) is 4.42 Å². The van der Waals surface area contributed by atoms with Gasteiger partial charge in [-0.2, -0.15) is 0 Å². The zero-order valence-electron chi connectivity index (χ0n) is 16.7. The number of carbonyl (C=O) groups is 2. The third-order valence-corrected chi connectivity index (χ3v) is 5.33. The van der Waals surface area contributed by atoms with Crippen molar-refractivity contribution < 1.29 is 14.0 Å². The number of H-pyrrole nitrogens is 1. The molecule has 1 aromatic carbocycles. The summed E-state index contributed by atoms with van der Waals surface area (Å²) in [4.78, 5) is 41.9. The van der Waals surface area contributed by atoms with E-state index >= 15 is 0 Å². The fourth-order valence-electron chi connectivity index (χ4n) is 3.68. The molecule has 1 saturated heterocycles. The van der Waals surface area contributed by atoms with E-state index in [1.165, 1.54) is 6.26 Å². The lowest BCUT2D eigenvalue weighted by Crippen LogP contribution is -2.47. The summed E-state index contributed by atoms with van der Waals surface area (Å²) in [5, 5.41) is 2.92. The minimum Gasteiger partial charge on any atom is -0.459 e. The van der Waals surface area contributed by atoms with E-state index < -0.39 is 11.5 Å². The fraction of sp³-hybridized carbons (Fsp3) is 0.261. The van der Waals surface area contributed by atoms with Crippen LogP contribution in [0.3, 0.4) is 0 Å². The first-order valence-corrected chi connectivity index (χ1v) is 9.95. The molecule has 0 spiro atoms. The lowest BCUT2D eigenvalue weighted by molar-refractivity contribution is 0.0667. The number of furan rings is 1. The van der Waals surface area contributed by atoms with Gasteiger partial charge in [-0.25, -0.2) is 0 Å². The molecule has 30 heavy (non-hydrogen) atoms. The smallest absolute Gasteiger partial charge is 0.289 e. The lowest BCUT2D eigenvalue weighted by atomic mass is 10.0. The predicted octanol–water partition coefficient (Wildman–Crippen LogP) is 2.98. The molecule has 1 fully saturated rings. The Labute approximate surface area is 173 Å². The van der Waals surface area contributed by atoms with Crippen LogP contribution in [0.4, 0.5) is 0 Å². The number of nitrogens with zero attached hydrogens (tertiary/aromatic N) is 1. The molecule has 154 valence electrons. The van der Waals surface area contributed by atoms with Gasteiger partial charge in [0.15, 0.2) is 5.76 Å². The molecule has 3 heterocycles. The summed E-state index contributed by atoms with van der Waals surface area (Å²) in [6, 6.07) is 14.3. The van der Waals surface area contributed by atoms with Gasteiger partial charge in [-0.1, -0.05) is 23.8 Å². The first-order valence-electron chi connectivity index (χ1n) is 9.95. The van der Waals surface area contributed by atoms with Crippen molar-refractivity contribution in [1.29, 1.82) is 0 Å². The number of carbonyl (C=O) groups excluding carboxylic acids is 2. The average molecular weight is 405 g/mol. The van der Waals surface area contributed by atoms with Crippen molar-refractivity contribution in [2.75, 3.05) is 13.1 Å². The van der Waals surface area contributed by atoms with Crippen LogP contribution >= 0.6 is 0 Å². The molecule has 4 rings (SSSR count). The van der Waals surface area contributed by atoms with Gasteiger partial charge < -0.3 is 19.6 Å². The van der Waals surface area contributed by atoms with Crippen LogP contribution in [-0.2, 0) is 0 Å². The monoisotopic (exact) mass is 405 g/mol. The van der Waals surface area contributed by atoms with Gasteiger partial charge in [0.2, 0.25) is 0 Å². The Morgan fingerprint density at radius 3 is 2.57 bits per heavy atom. The molecular formula is C23H23N3O4. The molecule has 0 unspecified atom stereocenters. The van der Waals surface area contributed by atoms with Crippen LogP contribution in [0.1, 0.15) is 39.3 Å². The first-order chi connectivity index (χ1) is 14.5. The summed E-state index contributed by atoms with van der Waals surface area (Å²) in [7, 11) is 0.